The number of rotatable bonds is 5. The molecule has 36 heavy (non-hydrogen) atoms. The third-order valence-corrected chi connectivity index (χ3v) is 7.27. The van der Waals surface area contributed by atoms with Crippen LogP contribution in [0, 0.1) is 6.92 Å². The molecule has 4 aromatic rings. The number of nitrogens with zero attached hydrogens (tertiary/aromatic N) is 4. The standard InChI is InChI=1S/C30H30N4O2/c1-22-27(21-32-17-19-33(20-18-32)26-8-3-2-4-9-26)31-29(36-22)24-11-13-25(14-12-24)30(35)34-16-15-23-7-5-6-10-28(23)34/h2-14H,15-21H2,1H3. The molecule has 6 nitrogen and oxygen atoms in total. The van der Waals surface area contributed by atoms with Crippen LogP contribution < -0.4 is 9.80 Å². The lowest BCUT2D eigenvalue weighted by Gasteiger charge is -2.35. The van der Waals surface area contributed by atoms with Gasteiger partial charge in [0.1, 0.15) is 5.76 Å². The van der Waals surface area contributed by atoms with E-state index in [0.29, 0.717) is 11.5 Å². The second-order valence-corrected chi connectivity index (χ2v) is 9.53. The number of para-hydroxylation sites is 2. The fraction of sp³-hybridized carbons (Fsp3) is 0.267. The molecule has 1 fully saturated rings. The summed E-state index contributed by atoms with van der Waals surface area (Å²) in [5.41, 5.74) is 6.07. The minimum atomic E-state index is 0.0328. The number of fused-ring (bicyclic) bond motifs is 1. The van der Waals surface area contributed by atoms with Crippen LogP contribution in [0.3, 0.4) is 0 Å². The molecule has 1 amide bonds. The number of aromatic nitrogens is 1. The summed E-state index contributed by atoms with van der Waals surface area (Å²) in [5.74, 6) is 1.49. The molecule has 1 aromatic heterocycles. The van der Waals surface area contributed by atoms with Crippen molar-refractivity contribution in [1.29, 1.82) is 0 Å². The van der Waals surface area contributed by atoms with Gasteiger partial charge in [-0.1, -0.05) is 36.4 Å². The van der Waals surface area contributed by atoms with Crippen molar-refractivity contribution in [1.82, 2.24) is 9.88 Å². The van der Waals surface area contributed by atoms with Gasteiger partial charge in [0.25, 0.3) is 5.91 Å². The van der Waals surface area contributed by atoms with Gasteiger partial charge in [-0.3, -0.25) is 9.69 Å². The number of anilines is 2. The maximum Gasteiger partial charge on any atom is 0.258 e. The molecule has 182 valence electrons. The molecular weight excluding hydrogens is 448 g/mol. The average Bonchev–Trinajstić information content (AvgIpc) is 3.53. The van der Waals surface area contributed by atoms with Crippen molar-refractivity contribution in [3.05, 3.63) is 101 Å². The zero-order valence-corrected chi connectivity index (χ0v) is 20.6. The van der Waals surface area contributed by atoms with Crippen molar-refractivity contribution in [3.8, 4) is 11.5 Å². The largest absolute Gasteiger partial charge is 0.441 e. The fourth-order valence-electron chi connectivity index (χ4n) is 5.17. The monoisotopic (exact) mass is 478 g/mol. The molecular formula is C30H30N4O2. The van der Waals surface area contributed by atoms with E-state index in [1.807, 2.05) is 54.3 Å². The van der Waals surface area contributed by atoms with E-state index in [1.54, 1.807) is 0 Å². The van der Waals surface area contributed by atoms with Gasteiger partial charge in [0, 0.05) is 61.8 Å². The molecule has 0 aliphatic carbocycles. The Bertz CT molecular complexity index is 1360. The lowest BCUT2D eigenvalue weighted by Crippen LogP contribution is -2.46. The SMILES string of the molecule is Cc1oc(-c2ccc(C(=O)N3CCc4ccccc43)cc2)nc1CN1CCN(c2ccccc2)CC1. The molecule has 1 saturated heterocycles. The Kier molecular flexibility index (Phi) is 6.03. The van der Waals surface area contributed by atoms with Crippen molar-refractivity contribution < 1.29 is 9.21 Å². The van der Waals surface area contributed by atoms with E-state index in [4.69, 9.17) is 9.40 Å². The Morgan fingerprint density at radius 1 is 0.861 bits per heavy atom. The number of carbonyl (C=O) groups excluding carboxylic acids is 1. The zero-order valence-electron chi connectivity index (χ0n) is 20.6. The highest BCUT2D eigenvalue weighted by atomic mass is 16.4. The molecule has 2 aliphatic heterocycles. The summed E-state index contributed by atoms with van der Waals surface area (Å²) in [7, 11) is 0. The van der Waals surface area contributed by atoms with E-state index in [1.165, 1.54) is 11.3 Å². The number of piperazine rings is 1. The highest BCUT2D eigenvalue weighted by Crippen LogP contribution is 2.30. The van der Waals surface area contributed by atoms with Gasteiger partial charge in [-0.15, -0.1) is 0 Å². The molecule has 0 spiro atoms. The Labute approximate surface area is 211 Å². The third-order valence-electron chi connectivity index (χ3n) is 7.27. The number of amides is 1. The van der Waals surface area contributed by atoms with Gasteiger partial charge in [-0.25, -0.2) is 4.98 Å². The molecule has 3 aromatic carbocycles. The van der Waals surface area contributed by atoms with Crippen LogP contribution in [0.1, 0.15) is 27.4 Å². The first-order valence-electron chi connectivity index (χ1n) is 12.6. The Morgan fingerprint density at radius 3 is 2.36 bits per heavy atom. The minimum Gasteiger partial charge on any atom is -0.441 e. The summed E-state index contributed by atoms with van der Waals surface area (Å²) >= 11 is 0. The lowest BCUT2D eigenvalue weighted by molar-refractivity contribution is 0.0989. The van der Waals surface area contributed by atoms with Gasteiger partial charge in [-0.05, 0) is 61.4 Å². The van der Waals surface area contributed by atoms with E-state index >= 15 is 0 Å². The topological polar surface area (TPSA) is 52.8 Å². The first-order valence-corrected chi connectivity index (χ1v) is 12.6. The van der Waals surface area contributed by atoms with Gasteiger partial charge >= 0.3 is 0 Å². The van der Waals surface area contributed by atoms with Crippen LogP contribution in [0.4, 0.5) is 11.4 Å². The minimum absolute atomic E-state index is 0.0328. The maximum absolute atomic E-state index is 13.1. The molecule has 0 bridgehead atoms. The van der Waals surface area contributed by atoms with Crippen LogP contribution in [-0.4, -0.2) is 48.5 Å². The molecule has 0 saturated carbocycles. The number of carbonyl (C=O) groups is 1. The molecule has 6 heteroatoms. The molecule has 0 N–H and O–H groups in total. The zero-order chi connectivity index (χ0) is 24.5. The quantitative estimate of drug-likeness (QED) is 0.396. The predicted molar refractivity (Wildman–Crippen MR) is 142 cm³/mol. The van der Waals surface area contributed by atoms with Gasteiger partial charge in [-0.2, -0.15) is 0 Å². The first kappa shape index (κ1) is 22.6. The van der Waals surface area contributed by atoms with E-state index < -0.39 is 0 Å². The normalized spacial score (nSPS) is 15.8. The summed E-state index contributed by atoms with van der Waals surface area (Å²) in [6.07, 6.45) is 0.902. The van der Waals surface area contributed by atoms with E-state index in [0.717, 1.165) is 68.4 Å². The van der Waals surface area contributed by atoms with Gasteiger partial charge in [0.2, 0.25) is 5.89 Å². The van der Waals surface area contributed by atoms with Crippen LogP contribution in [0.25, 0.3) is 11.5 Å². The van der Waals surface area contributed by atoms with Crippen molar-refractivity contribution in [2.75, 3.05) is 42.5 Å². The second-order valence-electron chi connectivity index (χ2n) is 9.53. The molecule has 2 aliphatic rings. The van der Waals surface area contributed by atoms with E-state index in [9.17, 15) is 4.79 Å². The Hall–Kier alpha value is -3.90. The first-order chi connectivity index (χ1) is 17.7. The molecule has 0 unspecified atom stereocenters. The molecule has 6 rings (SSSR count). The van der Waals surface area contributed by atoms with Gasteiger partial charge in [0.15, 0.2) is 0 Å². The second kappa shape index (κ2) is 9.63. The van der Waals surface area contributed by atoms with Gasteiger partial charge < -0.3 is 14.2 Å². The van der Waals surface area contributed by atoms with Crippen molar-refractivity contribution in [2.45, 2.75) is 19.9 Å². The van der Waals surface area contributed by atoms with Crippen LogP contribution in [-0.2, 0) is 13.0 Å². The highest BCUT2D eigenvalue weighted by molar-refractivity contribution is 6.07. The maximum atomic E-state index is 13.1. The third kappa shape index (κ3) is 4.40. The smallest absolute Gasteiger partial charge is 0.258 e. The fourth-order valence-corrected chi connectivity index (χ4v) is 5.17. The van der Waals surface area contributed by atoms with Crippen molar-refractivity contribution in [3.63, 3.8) is 0 Å². The summed E-state index contributed by atoms with van der Waals surface area (Å²) < 4.78 is 6.04. The van der Waals surface area contributed by atoms with E-state index in [2.05, 4.69) is 46.2 Å². The number of aryl methyl sites for hydroxylation is 1. The average molecular weight is 479 g/mol. The Morgan fingerprint density at radius 2 is 1.58 bits per heavy atom. The molecule has 0 atom stereocenters. The molecule has 0 radical (unpaired) electrons. The number of hydrogen-bond acceptors (Lipinski definition) is 5. The summed E-state index contributed by atoms with van der Waals surface area (Å²) in [4.78, 5) is 24.7. The lowest BCUT2D eigenvalue weighted by atomic mass is 10.1. The summed E-state index contributed by atoms with van der Waals surface area (Å²) in [6.45, 7) is 7.48. The number of hydrogen-bond donors (Lipinski definition) is 0. The highest BCUT2D eigenvalue weighted by Gasteiger charge is 2.25. The van der Waals surface area contributed by atoms with Crippen LogP contribution in [0.15, 0.2) is 83.3 Å². The van der Waals surface area contributed by atoms with Crippen LogP contribution >= 0.6 is 0 Å². The Balaban J connectivity index is 1.10. The molecule has 3 heterocycles. The summed E-state index contributed by atoms with van der Waals surface area (Å²) in [6, 6.07) is 26.3. The number of benzene rings is 3. The van der Waals surface area contributed by atoms with Crippen LogP contribution in [0.2, 0.25) is 0 Å². The predicted octanol–water partition coefficient (Wildman–Crippen LogP) is 5.18. The number of oxazole rings is 1. The summed E-state index contributed by atoms with van der Waals surface area (Å²) in [5, 5.41) is 0. The van der Waals surface area contributed by atoms with Crippen molar-refractivity contribution in [2.24, 2.45) is 0 Å². The van der Waals surface area contributed by atoms with Crippen molar-refractivity contribution >= 4 is 17.3 Å². The van der Waals surface area contributed by atoms with Gasteiger partial charge in [0.05, 0.1) is 5.69 Å². The van der Waals surface area contributed by atoms with Crippen LogP contribution in [0.5, 0.6) is 0 Å². The van der Waals surface area contributed by atoms with E-state index in [-0.39, 0.29) is 5.91 Å².